The van der Waals surface area contributed by atoms with Crippen molar-refractivity contribution < 1.29 is 4.92 Å². The Kier molecular flexibility index (Phi) is 6.84. The van der Waals surface area contributed by atoms with Gasteiger partial charge in [-0.3, -0.25) is 10.1 Å². The highest BCUT2D eigenvalue weighted by atomic mass is 16.6. The molecule has 1 N–H and O–H groups in total. The largest absolute Gasteiger partial charge is 0.379 e. The molecule has 0 aliphatic heterocycles. The summed E-state index contributed by atoms with van der Waals surface area (Å²) in [5, 5.41) is 14.5. The molecule has 0 radical (unpaired) electrons. The van der Waals surface area contributed by atoms with Crippen molar-refractivity contribution in [1.29, 1.82) is 0 Å². The maximum Gasteiger partial charge on any atom is 0.315 e. The molecule has 112 valence electrons. The van der Waals surface area contributed by atoms with Gasteiger partial charge in [0.15, 0.2) is 0 Å². The molecule has 0 unspecified atom stereocenters. The molecule has 0 amide bonds. The molecule has 0 aromatic heterocycles. The van der Waals surface area contributed by atoms with Crippen molar-refractivity contribution in [1.82, 2.24) is 0 Å². The van der Waals surface area contributed by atoms with E-state index in [1.54, 1.807) is 6.07 Å². The molecule has 0 atom stereocenters. The normalized spacial score (nSPS) is 10.3. The Bertz CT molecular complexity index is 435. The Balaban J connectivity index is 2.96. The summed E-state index contributed by atoms with van der Waals surface area (Å²) in [6.07, 6.45) is 4.28. The van der Waals surface area contributed by atoms with Crippen molar-refractivity contribution in [3.05, 3.63) is 28.3 Å². The predicted molar refractivity (Wildman–Crippen MR) is 84.7 cm³/mol. The highest BCUT2D eigenvalue weighted by Gasteiger charge is 2.21. The van der Waals surface area contributed by atoms with E-state index in [9.17, 15) is 10.1 Å². The molecule has 0 spiro atoms. The van der Waals surface area contributed by atoms with Crippen LogP contribution in [0.15, 0.2) is 18.2 Å². The summed E-state index contributed by atoms with van der Waals surface area (Å²) in [4.78, 5) is 13.1. The van der Waals surface area contributed by atoms with Crippen LogP contribution in [0.5, 0.6) is 0 Å². The second-order valence-corrected chi connectivity index (χ2v) is 4.99. The zero-order valence-electron chi connectivity index (χ0n) is 12.7. The summed E-state index contributed by atoms with van der Waals surface area (Å²) in [6, 6.07) is 5.47. The molecular weight excluding hydrogens is 254 g/mol. The second kappa shape index (κ2) is 8.40. The molecule has 1 aromatic rings. The number of benzene rings is 1. The van der Waals surface area contributed by atoms with E-state index in [0.717, 1.165) is 38.8 Å². The number of nitrogens with one attached hydrogen (secondary N) is 1. The van der Waals surface area contributed by atoms with E-state index in [2.05, 4.69) is 12.2 Å². The van der Waals surface area contributed by atoms with Crippen LogP contribution in [0, 0.1) is 10.1 Å². The first-order valence-corrected chi connectivity index (χ1v) is 7.34. The number of rotatable bonds is 9. The number of para-hydroxylation sites is 1. The van der Waals surface area contributed by atoms with Gasteiger partial charge in [-0.15, -0.1) is 0 Å². The second-order valence-electron chi connectivity index (χ2n) is 4.99. The monoisotopic (exact) mass is 279 g/mol. The van der Waals surface area contributed by atoms with Crippen molar-refractivity contribution in [2.45, 2.75) is 39.5 Å². The molecular formula is C15H25N3O2. The van der Waals surface area contributed by atoms with Gasteiger partial charge in [-0.1, -0.05) is 32.8 Å². The van der Waals surface area contributed by atoms with Crippen LogP contribution in [0.3, 0.4) is 0 Å². The topological polar surface area (TPSA) is 58.4 Å². The lowest BCUT2D eigenvalue weighted by atomic mass is 10.2. The fourth-order valence-corrected chi connectivity index (χ4v) is 2.15. The summed E-state index contributed by atoms with van der Waals surface area (Å²) in [6.45, 7) is 5.77. The van der Waals surface area contributed by atoms with Gasteiger partial charge in [0.1, 0.15) is 11.4 Å². The molecule has 5 heteroatoms. The minimum Gasteiger partial charge on any atom is -0.379 e. The zero-order chi connectivity index (χ0) is 15.0. The van der Waals surface area contributed by atoms with Crippen molar-refractivity contribution in [3.8, 4) is 0 Å². The van der Waals surface area contributed by atoms with Gasteiger partial charge >= 0.3 is 5.69 Å². The quantitative estimate of drug-likeness (QED) is 0.421. The van der Waals surface area contributed by atoms with Crippen LogP contribution in [0.25, 0.3) is 0 Å². The number of hydrogen-bond acceptors (Lipinski definition) is 4. The highest BCUT2D eigenvalue weighted by molar-refractivity contribution is 5.76. The number of anilines is 2. The van der Waals surface area contributed by atoms with Crippen molar-refractivity contribution in [2.24, 2.45) is 0 Å². The van der Waals surface area contributed by atoms with Gasteiger partial charge in [-0.25, -0.2) is 0 Å². The summed E-state index contributed by atoms with van der Waals surface area (Å²) in [5.74, 6) is 0. The van der Waals surface area contributed by atoms with E-state index >= 15 is 0 Å². The van der Waals surface area contributed by atoms with Gasteiger partial charge in [0.25, 0.3) is 0 Å². The first-order chi connectivity index (χ1) is 9.61. The van der Waals surface area contributed by atoms with Crippen LogP contribution < -0.4 is 10.2 Å². The standard InChI is InChI=1S/C15H25N3O2/c1-4-6-7-12-17(3)14-10-8-9-13(16-11-5-2)15(14)18(19)20/h8-10,16H,4-7,11-12H2,1-3H3. The van der Waals surface area contributed by atoms with Gasteiger partial charge in [0.2, 0.25) is 0 Å². The minimum atomic E-state index is -0.288. The molecule has 5 nitrogen and oxygen atoms in total. The molecule has 0 saturated carbocycles. The van der Waals surface area contributed by atoms with E-state index in [1.807, 2.05) is 31.0 Å². The zero-order valence-corrected chi connectivity index (χ0v) is 12.7. The maximum absolute atomic E-state index is 11.4. The van der Waals surface area contributed by atoms with Gasteiger partial charge in [0.05, 0.1) is 4.92 Å². The fraction of sp³-hybridized carbons (Fsp3) is 0.600. The molecule has 1 rings (SSSR count). The Labute approximate surface area is 121 Å². The molecule has 0 saturated heterocycles. The van der Waals surface area contributed by atoms with Crippen LogP contribution in [0.4, 0.5) is 17.1 Å². The molecule has 20 heavy (non-hydrogen) atoms. The minimum absolute atomic E-state index is 0.181. The SMILES string of the molecule is CCCCCN(C)c1cccc(NCCC)c1[N+](=O)[O-]. The maximum atomic E-state index is 11.4. The van der Waals surface area contributed by atoms with Gasteiger partial charge in [0, 0.05) is 20.1 Å². The fourth-order valence-electron chi connectivity index (χ4n) is 2.15. The number of hydrogen-bond donors (Lipinski definition) is 1. The summed E-state index contributed by atoms with van der Waals surface area (Å²) < 4.78 is 0. The molecule has 0 aliphatic rings. The third-order valence-electron chi connectivity index (χ3n) is 3.27. The Morgan fingerprint density at radius 2 is 2.00 bits per heavy atom. The van der Waals surface area contributed by atoms with Gasteiger partial charge in [-0.2, -0.15) is 0 Å². The molecule has 0 aliphatic carbocycles. The average molecular weight is 279 g/mol. The highest BCUT2D eigenvalue weighted by Crippen LogP contribution is 2.35. The predicted octanol–water partition coefficient (Wildman–Crippen LogP) is 4.04. The van der Waals surface area contributed by atoms with Crippen molar-refractivity contribution >= 4 is 17.1 Å². The molecule has 0 heterocycles. The van der Waals surface area contributed by atoms with Crippen LogP contribution in [0.1, 0.15) is 39.5 Å². The first kappa shape index (κ1) is 16.3. The van der Waals surface area contributed by atoms with Crippen LogP contribution >= 0.6 is 0 Å². The van der Waals surface area contributed by atoms with Gasteiger partial charge in [-0.05, 0) is 25.0 Å². The van der Waals surface area contributed by atoms with E-state index in [1.165, 1.54) is 0 Å². The van der Waals surface area contributed by atoms with E-state index < -0.39 is 0 Å². The molecule has 1 aromatic carbocycles. The summed E-state index contributed by atoms with van der Waals surface area (Å²) in [7, 11) is 1.92. The van der Waals surface area contributed by atoms with E-state index in [4.69, 9.17) is 0 Å². The van der Waals surface area contributed by atoms with Crippen LogP contribution in [0.2, 0.25) is 0 Å². The summed E-state index contributed by atoms with van der Waals surface area (Å²) >= 11 is 0. The van der Waals surface area contributed by atoms with E-state index in [-0.39, 0.29) is 10.6 Å². The average Bonchev–Trinajstić information content (AvgIpc) is 2.44. The van der Waals surface area contributed by atoms with Crippen molar-refractivity contribution in [2.75, 3.05) is 30.4 Å². The number of nitrogens with zero attached hydrogens (tertiary/aromatic N) is 2. The van der Waals surface area contributed by atoms with Gasteiger partial charge < -0.3 is 10.2 Å². The Hall–Kier alpha value is -1.78. The third-order valence-corrected chi connectivity index (χ3v) is 3.27. The summed E-state index contributed by atoms with van der Waals surface area (Å²) in [5.41, 5.74) is 1.48. The van der Waals surface area contributed by atoms with Crippen molar-refractivity contribution in [3.63, 3.8) is 0 Å². The number of nitro benzene ring substituents is 1. The first-order valence-electron chi connectivity index (χ1n) is 7.34. The number of unbranched alkanes of at least 4 members (excludes halogenated alkanes) is 2. The van der Waals surface area contributed by atoms with Crippen LogP contribution in [-0.4, -0.2) is 25.1 Å². The lowest BCUT2D eigenvalue weighted by Gasteiger charge is -2.20. The van der Waals surface area contributed by atoms with E-state index in [0.29, 0.717) is 11.4 Å². The smallest absolute Gasteiger partial charge is 0.315 e. The van der Waals surface area contributed by atoms with Crippen LogP contribution in [-0.2, 0) is 0 Å². The third kappa shape index (κ3) is 4.40. The molecule has 0 bridgehead atoms. The number of nitro groups is 1. The molecule has 0 fully saturated rings. The lowest BCUT2D eigenvalue weighted by molar-refractivity contribution is -0.383. The lowest BCUT2D eigenvalue weighted by Crippen LogP contribution is -2.20. The Morgan fingerprint density at radius 1 is 1.25 bits per heavy atom. The Morgan fingerprint density at radius 3 is 2.60 bits per heavy atom.